The third-order valence-corrected chi connectivity index (χ3v) is 13.5. The average Bonchev–Trinajstić information content (AvgIpc) is 3.68. The lowest BCUT2D eigenvalue weighted by Gasteiger charge is -2.32. The van der Waals surface area contributed by atoms with Gasteiger partial charge >= 0.3 is 0 Å². The molecule has 0 aromatic heterocycles. The molecule has 0 unspecified atom stereocenters. The van der Waals surface area contributed by atoms with E-state index in [9.17, 15) is 0 Å². The first-order valence-corrected chi connectivity index (χ1v) is 21.5. The second-order valence-electron chi connectivity index (χ2n) is 17.7. The predicted molar refractivity (Wildman–Crippen MR) is 258 cm³/mol. The Morgan fingerprint density at radius 3 is 1.44 bits per heavy atom. The largest absolute Gasteiger partial charge is 0.309 e. The summed E-state index contributed by atoms with van der Waals surface area (Å²) in [7, 11) is 0. The van der Waals surface area contributed by atoms with Crippen LogP contribution in [0.5, 0.6) is 0 Å². The molecule has 0 aliphatic heterocycles. The van der Waals surface area contributed by atoms with Gasteiger partial charge in [0.15, 0.2) is 0 Å². The Balaban J connectivity index is 1.21. The lowest BCUT2D eigenvalue weighted by atomic mass is 9.82. The Morgan fingerprint density at radius 2 is 0.754 bits per heavy atom. The van der Waals surface area contributed by atoms with Crippen molar-refractivity contribution in [3.05, 3.63) is 235 Å². The summed E-state index contributed by atoms with van der Waals surface area (Å²) in [6, 6.07) is 78.7. The summed E-state index contributed by atoms with van der Waals surface area (Å²) in [5, 5.41) is 0. The summed E-state index contributed by atoms with van der Waals surface area (Å²) < 4.78 is 0. The second-order valence-corrected chi connectivity index (χ2v) is 17.7. The first-order chi connectivity index (χ1) is 29.8. The van der Waals surface area contributed by atoms with Gasteiger partial charge in [-0.1, -0.05) is 210 Å². The lowest BCUT2D eigenvalue weighted by Crippen LogP contribution is -2.17. The van der Waals surface area contributed by atoms with Crippen LogP contribution in [0.4, 0.5) is 17.1 Å². The molecular weight excluding hydrogens is 735 g/mol. The number of para-hydroxylation sites is 1. The molecule has 0 saturated carbocycles. The lowest BCUT2D eigenvalue weighted by molar-refractivity contribution is 0.660. The van der Waals surface area contributed by atoms with E-state index in [4.69, 9.17) is 0 Å². The van der Waals surface area contributed by atoms with Crippen LogP contribution in [-0.2, 0) is 10.8 Å². The van der Waals surface area contributed by atoms with Gasteiger partial charge in [0.1, 0.15) is 0 Å². The van der Waals surface area contributed by atoms with E-state index < -0.39 is 0 Å². The van der Waals surface area contributed by atoms with Gasteiger partial charge in [-0.05, 0) is 108 Å². The summed E-state index contributed by atoms with van der Waals surface area (Å²) in [6.45, 7) is 9.46. The summed E-state index contributed by atoms with van der Waals surface area (Å²) in [4.78, 5) is 2.54. The molecule has 0 spiro atoms. The summed E-state index contributed by atoms with van der Waals surface area (Å²) in [6.07, 6.45) is 0. The van der Waals surface area contributed by atoms with Crippen LogP contribution >= 0.6 is 0 Å². The zero-order valence-corrected chi connectivity index (χ0v) is 35.2. The van der Waals surface area contributed by atoms with Gasteiger partial charge in [0.2, 0.25) is 0 Å². The Morgan fingerprint density at radius 1 is 0.279 bits per heavy atom. The van der Waals surface area contributed by atoms with E-state index >= 15 is 0 Å². The minimum atomic E-state index is -0.165. The van der Waals surface area contributed by atoms with Crippen LogP contribution in [0.15, 0.2) is 212 Å². The van der Waals surface area contributed by atoms with Crippen molar-refractivity contribution in [2.24, 2.45) is 0 Å². The van der Waals surface area contributed by atoms with Crippen LogP contribution in [0.1, 0.15) is 49.9 Å². The smallest absolute Gasteiger partial charge is 0.0546 e. The molecule has 1 nitrogen and oxygen atoms in total. The molecule has 292 valence electrons. The maximum Gasteiger partial charge on any atom is 0.0546 e. The van der Waals surface area contributed by atoms with Crippen molar-refractivity contribution in [3.63, 3.8) is 0 Å². The molecule has 0 atom stereocenters. The van der Waals surface area contributed by atoms with Crippen LogP contribution in [-0.4, -0.2) is 0 Å². The van der Waals surface area contributed by atoms with Crippen molar-refractivity contribution in [1.29, 1.82) is 0 Å². The third kappa shape index (κ3) is 5.83. The number of hydrogen-bond donors (Lipinski definition) is 0. The fourth-order valence-corrected chi connectivity index (χ4v) is 10.5. The molecule has 9 aromatic rings. The van der Waals surface area contributed by atoms with Crippen molar-refractivity contribution in [1.82, 2.24) is 0 Å². The van der Waals surface area contributed by atoms with Crippen molar-refractivity contribution >= 4 is 17.1 Å². The van der Waals surface area contributed by atoms with Crippen LogP contribution in [0.3, 0.4) is 0 Å². The standard InChI is InChI=1S/C60H47N/c1-59(2)53-31-17-14-27-48(53)51-38-42(34-37-54(51)59)45-25-15-18-32-56(45)61(43-35-36-49-47-26-13-16-30-52(47)60(3,4)55(49)39-43)57-33-19-29-46(41-22-9-6-10-23-41)58(57)50-28-12-11-24-44(50)40-20-7-5-8-21-40/h5-39H,1-4H3. The van der Waals surface area contributed by atoms with Gasteiger partial charge in [0.05, 0.1) is 11.4 Å². The van der Waals surface area contributed by atoms with E-state index in [0.29, 0.717) is 0 Å². The summed E-state index contributed by atoms with van der Waals surface area (Å²) >= 11 is 0. The van der Waals surface area contributed by atoms with Crippen LogP contribution in [0.2, 0.25) is 0 Å². The maximum atomic E-state index is 2.54. The molecular formula is C60H47N. The molecule has 1 heteroatoms. The van der Waals surface area contributed by atoms with E-state index in [1.165, 1.54) is 89.0 Å². The molecule has 2 aliphatic carbocycles. The maximum absolute atomic E-state index is 2.54. The molecule has 0 amide bonds. The molecule has 0 saturated heterocycles. The number of anilines is 3. The van der Waals surface area contributed by atoms with E-state index in [1.807, 2.05) is 0 Å². The zero-order chi connectivity index (χ0) is 41.3. The van der Waals surface area contributed by atoms with Gasteiger partial charge in [-0.15, -0.1) is 0 Å². The molecule has 9 aromatic carbocycles. The van der Waals surface area contributed by atoms with Crippen LogP contribution in [0, 0.1) is 0 Å². The van der Waals surface area contributed by atoms with E-state index in [-0.39, 0.29) is 10.8 Å². The number of hydrogen-bond acceptors (Lipinski definition) is 1. The van der Waals surface area contributed by atoms with E-state index in [2.05, 4.69) is 245 Å². The summed E-state index contributed by atoms with van der Waals surface area (Å²) in [5.41, 5.74) is 23.4. The highest BCUT2D eigenvalue weighted by Crippen LogP contribution is 2.55. The van der Waals surface area contributed by atoms with Crippen LogP contribution < -0.4 is 4.90 Å². The fraction of sp³-hybridized carbons (Fsp3) is 0.100. The minimum Gasteiger partial charge on any atom is -0.309 e. The van der Waals surface area contributed by atoms with Gasteiger partial charge in [-0.2, -0.15) is 0 Å². The molecule has 11 rings (SSSR count). The molecule has 0 fully saturated rings. The first-order valence-electron chi connectivity index (χ1n) is 21.5. The monoisotopic (exact) mass is 781 g/mol. The van der Waals surface area contributed by atoms with Crippen molar-refractivity contribution < 1.29 is 0 Å². The predicted octanol–water partition coefficient (Wildman–Crippen LogP) is 16.4. The Labute approximate surface area is 360 Å². The van der Waals surface area contributed by atoms with Gasteiger partial charge in [-0.3, -0.25) is 0 Å². The third-order valence-electron chi connectivity index (χ3n) is 13.5. The Hall–Kier alpha value is -7.22. The van der Waals surface area contributed by atoms with Gasteiger partial charge in [-0.25, -0.2) is 0 Å². The average molecular weight is 782 g/mol. The number of nitrogens with zero attached hydrogens (tertiary/aromatic N) is 1. The molecule has 0 radical (unpaired) electrons. The van der Waals surface area contributed by atoms with Gasteiger partial charge in [0, 0.05) is 27.6 Å². The zero-order valence-electron chi connectivity index (χ0n) is 35.2. The highest BCUT2D eigenvalue weighted by molar-refractivity contribution is 6.03. The number of rotatable bonds is 7. The first kappa shape index (κ1) is 36.8. The number of fused-ring (bicyclic) bond motifs is 6. The Bertz CT molecular complexity index is 3130. The summed E-state index contributed by atoms with van der Waals surface area (Å²) in [5.74, 6) is 0. The molecule has 61 heavy (non-hydrogen) atoms. The second kappa shape index (κ2) is 14.2. The fourth-order valence-electron chi connectivity index (χ4n) is 10.5. The Kier molecular flexibility index (Phi) is 8.58. The molecule has 0 heterocycles. The van der Waals surface area contributed by atoms with Gasteiger partial charge in [0.25, 0.3) is 0 Å². The quantitative estimate of drug-likeness (QED) is 0.156. The molecule has 0 N–H and O–H groups in total. The minimum absolute atomic E-state index is 0.0657. The van der Waals surface area contributed by atoms with Crippen molar-refractivity contribution in [2.45, 2.75) is 38.5 Å². The van der Waals surface area contributed by atoms with Crippen LogP contribution in [0.25, 0.3) is 66.8 Å². The topological polar surface area (TPSA) is 3.24 Å². The highest BCUT2D eigenvalue weighted by Gasteiger charge is 2.37. The van der Waals surface area contributed by atoms with E-state index in [1.54, 1.807) is 0 Å². The molecule has 2 aliphatic rings. The normalized spacial score (nSPS) is 13.8. The SMILES string of the molecule is CC1(C)c2ccccc2-c2cc(-c3ccccc3N(c3ccc4c(c3)C(C)(C)c3ccccc3-4)c3cccc(-c4ccccc4)c3-c3ccccc3-c3ccccc3)ccc21. The van der Waals surface area contributed by atoms with Crippen molar-refractivity contribution in [3.8, 4) is 66.8 Å². The van der Waals surface area contributed by atoms with Crippen molar-refractivity contribution in [2.75, 3.05) is 4.90 Å². The number of benzene rings is 9. The van der Waals surface area contributed by atoms with Gasteiger partial charge < -0.3 is 4.90 Å². The molecule has 0 bridgehead atoms. The highest BCUT2D eigenvalue weighted by atomic mass is 15.1. The van der Waals surface area contributed by atoms with E-state index in [0.717, 1.165) is 17.1 Å².